The molecule has 0 aliphatic carbocycles. The number of aromatic nitrogens is 3. The molecule has 0 radical (unpaired) electrons. The first-order chi connectivity index (χ1) is 11.3. The lowest BCUT2D eigenvalue weighted by molar-refractivity contribution is 0.0665. The van der Waals surface area contributed by atoms with Crippen LogP contribution in [0.2, 0.25) is 0 Å². The minimum atomic E-state index is 0.416. The third-order valence-electron chi connectivity index (χ3n) is 3.82. The normalized spacial score (nSPS) is 11.3. The van der Waals surface area contributed by atoms with Crippen molar-refractivity contribution in [1.82, 2.24) is 14.5 Å². The predicted octanol–water partition coefficient (Wildman–Crippen LogP) is 3.34. The van der Waals surface area contributed by atoms with Gasteiger partial charge in [-0.2, -0.15) is 0 Å². The first kappa shape index (κ1) is 13.7. The zero-order valence-corrected chi connectivity index (χ0v) is 12.5. The fraction of sp³-hybridized carbons (Fsp3) is 0.111. The van der Waals surface area contributed by atoms with Gasteiger partial charge in [-0.1, -0.05) is 48.5 Å². The molecule has 2 aromatic heterocycles. The van der Waals surface area contributed by atoms with Crippen molar-refractivity contribution < 1.29 is 4.74 Å². The number of pyridine rings is 1. The molecule has 23 heavy (non-hydrogen) atoms. The van der Waals surface area contributed by atoms with E-state index in [0.717, 1.165) is 22.0 Å². The number of hydrogen-bond donors (Lipinski definition) is 1. The Balaban J connectivity index is 1.67. The van der Waals surface area contributed by atoms with E-state index in [-0.39, 0.29) is 0 Å². The molecular formula is C18H16N4O. The molecule has 5 heteroatoms. The molecule has 0 bridgehead atoms. The third-order valence-corrected chi connectivity index (χ3v) is 3.82. The van der Waals surface area contributed by atoms with Crippen LogP contribution < -0.4 is 5.73 Å². The van der Waals surface area contributed by atoms with Gasteiger partial charge in [0.15, 0.2) is 5.82 Å². The average Bonchev–Trinajstić information content (AvgIpc) is 3.01. The lowest BCUT2D eigenvalue weighted by atomic mass is 10.2. The molecule has 4 aromatic rings. The Labute approximate surface area is 133 Å². The summed E-state index contributed by atoms with van der Waals surface area (Å²) >= 11 is 0. The van der Waals surface area contributed by atoms with Gasteiger partial charge in [-0.15, -0.1) is 0 Å². The number of nitrogens with two attached hydrogens (primary N) is 1. The minimum absolute atomic E-state index is 0.416. The zero-order chi connectivity index (χ0) is 15.6. The summed E-state index contributed by atoms with van der Waals surface area (Å²) in [6.45, 7) is 0.970. The maximum Gasteiger partial charge on any atom is 0.152 e. The van der Waals surface area contributed by atoms with Gasteiger partial charge < -0.3 is 15.0 Å². The largest absolute Gasteiger partial charge is 0.382 e. The van der Waals surface area contributed by atoms with Crippen molar-refractivity contribution in [3.05, 3.63) is 66.5 Å². The number of ether oxygens (including phenoxy) is 1. The quantitative estimate of drug-likeness (QED) is 0.628. The van der Waals surface area contributed by atoms with Gasteiger partial charge in [0.25, 0.3) is 0 Å². The van der Waals surface area contributed by atoms with Crippen molar-refractivity contribution in [2.24, 2.45) is 0 Å². The molecule has 0 aliphatic heterocycles. The van der Waals surface area contributed by atoms with Crippen LogP contribution >= 0.6 is 0 Å². The van der Waals surface area contributed by atoms with E-state index in [0.29, 0.717) is 24.7 Å². The molecule has 0 unspecified atom stereocenters. The topological polar surface area (TPSA) is 66.0 Å². The van der Waals surface area contributed by atoms with Gasteiger partial charge in [-0.25, -0.2) is 9.97 Å². The summed E-state index contributed by atoms with van der Waals surface area (Å²) in [5.41, 5.74) is 9.71. The highest BCUT2D eigenvalue weighted by molar-refractivity contribution is 6.06. The second-order valence-corrected chi connectivity index (χ2v) is 5.39. The molecule has 2 N–H and O–H groups in total. The summed E-state index contributed by atoms with van der Waals surface area (Å²) in [6.07, 6.45) is 1.75. The van der Waals surface area contributed by atoms with E-state index < -0.39 is 0 Å². The van der Waals surface area contributed by atoms with Crippen molar-refractivity contribution in [3.8, 4) is 0 Å². The van der Waals surface area contributed by atoms with Gasteiger partial charge in [0.1, 0.15) is 12.2 Å². The Kier molecular flexibility index (Phi) is 3.40. The van der Waals surface area contributed by atoms with Crippen molar-refractivity contribution in [3.63, 3.8) is 0 Å². The van der Waals surface area contributed by atoms with Crippen LogP contribution in [0.1, 0.15) is 5.56 Å². The molecule has 0 fully saturated rings. The molecule has 0 spiro atoms. The molecule has 2 heterocycles. The van der Waals surface area contributed by atoms with Crippen LogP contribution in [0.3, 0.4) is 0 Å². The maximum atomic E-state index is 6.03. The predicted molar refractivity (Wildman–Crippen MR) is 90.7 cm³/mol. The van der Waals surface area contributed by atoms with Gasteiger partial charge in [-0.3, -0.25) is 0 Å². The number of nitrogen functional groups attached to an aromatic ring is 1. The zero-order valence-electron chi connectivity index (χ0n) is 12.5. The number of fused-ring (bicyclic) bond motifs is 3. The fourth-order valence-corrected chi connectivity index (χ4v) is 2.74. The number of imidazole rings is 1. The van der Waals surface area contributed by atoms with Crippen molar-refractivity contribution in [2.75, 3.05) is 5.73 Å². The Morgan fingerprint density at radius 1 is 1.00 bits per heavy atom. The summed E-state index contributed by atoms with van der Waals surface area (Å²) in [5, 5.41) is 1.03. The van der Waals surface area contributed by atoms with Crippen LogP contribution in [0, 0.1) is 0 Å². The van der Waals surface area contributed by atoms with Crippen LogP contribution in [0.5, 0.6) is 0 Å². The van der Waals surface area contributed by atoms with E-state index in [2.05, 4.69) is 9.97 Å². The molecule has 5 nitrogen and oxygen atoms in total. The highest BCUT2D eigenvalue weighted by atomic mass is 16.5. The smallest absolute Gasteiger partial charge is 0.152 e. The van der Waals surface area contributed by atoms with Gasteiger partial charge >= 0.3 is 0 Å². The Morgan fingerprint density at radius 3 is 2.65 bits per heavy atom. The Bertz CT molecular complexity index is 963. The van der Waals surface area contributed by atoms with Gasteiger partial charge in [0.05, 0.1) is 24.0 Å². The van der Waals surface area contributed by atoms with Crippen molar-refractivity contribution >= 4 is 27.8 Å². The first-order valence-electron chi connectivity index (χ1n) is 7.43. The summed E-state index contributed by atoms with van der Waals surface area (Å²) in [5.74, 6) is 0.445. The van der Waals surface area contributed by atoms with Crippen LogP contribution in [-0.2, 0) is 18.1 Å². The summed E-state index contributed by atoms with van der Waals surface area (Å²) in [4.78, 5) is 8.80. The van der Waals surface area contributed by atoms with Gasteiger partial charge in [0.2, 0.25) is 0 Å². The van der Waals surface area contributed by atoms with Crippen molar-refractivity contribution in [1.29, 1.82) is 0 Å². The molecular weight excluding hydrogens is 288 g/mol. The van der Waals surface area contributed by atoms with Crippen LogP contribution in [0.15, 0.2) is 60.9 Å². The maximum absolute atomic E-state index is 6.03. The number of benzene rings is 2. The average molecular weight is 304 g/mol. The Hall–Kier alpha value is -2.92. The number of nitrogens with zero attached hydrogens (tertiary/aromatic N) is 3. The second-order valence-electron chi connectivity index (χ2n) is 5.39. The van der Waals surface area contributed by atoms with Gasteiger partial charge in [0, 0.05) is 5.39 Å². The van der Waals surface area contributed by atoms with E-state index in [1.165, 1.54) is 0 Å². The molecule has 2 aromatic carbocycles. The minimum Gasteiger partial charge on any atom is -0.382 e. The summed E-state index contributed by atoms with van der Waals surface area (Å²) < 4.78 is 7.79. The number of anilines is 1. The molecule has 114 valence electrons. The number of rotatable bonds is 4. The molecule has 0 amide bonds. The molecule has 0 aliphatic rings. The molecule has 0 atom stereocenters. The highest BCUT2D eigenvalue weighted by Crippen LogP contribution is 2.26. The van der Waals surface area contributed by atoms with E-state index in [9.17, 15) is 0 Å². The van der Waals surface area contributed by atoms with E-state index in [4.69, 9.17) is 10.5 Å². The Morgan fingerprint density at radius 2 is 1.78 bits per heavy atom. The SMILES string of the molecule is Nc1nc2ccccc2c2c1ncn2COCc1ccccc1. The number of para-hydroxylation sites is 1. The van der Waals surface area contributed by atoms with Crippen LogP contribution in [0.4, 0.5) is 5.82 Å². The van der Waals surface area contributed by atoms with Crippen LogP contribution in [0.25, 0.3) is 21.9 Å². The van der Waals surface area contributed by atoms with Crippen LogP contribution in [-0.4, -0.2) is 14.5 Å². The third kappa shape index (κ3) is 2.51. The first-order valence-corrected chi connectivity index (χ1v) is 7.43. The highest BCUT2D eigenvalue weighted by Gasteiger charge is 2.11. The van der Waals surface area contributed by atoms with E-state index >= 15 is 0 Å². The molecule has 4 rings (SSSR count). The fourth-order valence-electron chi connectivity index (χ4n) is 2.74. The van der Waals surface area contributed by atoms with Crippen molar-refractivity contribution in [2.45, 2.75) is 13.3 Å². The summed E-state index contributed by atoms with van der Waals surface area (Å²) in [7, 11) is 0. The monoisotopic (exact) mass is 304 g/mol. The molecule has 0 saturated heterocycles. The summed E-state index contributed by atoms with van der Waals surface area (Å²) in [6, 6.07) is 18.0. The van der Waals surface area contributed by atoms with Gasteiger partial charge in [-0.05, 0) is 11.6 Å². The lowest BCUT2D eigenvalue weighted by Crippen LogP contribution is -2.02. The van der Waals surface area contributed by atoms with E-state index in [1.807, 2.05) is 59.2 Å². The standard InChI is InChI=1S/C18H16N4O/c19-18-16-17(14-8-4-5-9-15(14)21-18)22(11-20-16)12-23-10-13-6-2-1-3-7-13/h1-9,11H,10,12H2,(H2,19,21). The second kappa shape index (κ2) is 5.70. The molecule has 0 saturated carbocycles. The lowest BCUT2D eigenvalue weighted by Gasteiger charge is -2.08. The van der Waals surface area contributed by atoms with E-state index in [1.54, 1.807) is 6.33 Å². The number of hydrogen-bond acceptors (Lipinski definition) is 4.